The first-order valence-electron chi connectivity index (χ1n) is 9.75. The molecule has 0 fully saturated rings. The molecule has 15 heteroatoms. The highest BCUT2D eigenvalue weighted by Gasteiger charge is 2.75. The van der Waals surface area contributed by atoms with Crippen molar-refractivity contribution in [2.24, 2.45) is 0 Å². The van der Waals surface area contributed by atoms with Crippen molar-refractivity contribution in [3.05, 3.63) is 75.4 Å². The molecule has 0 heterocycles. The lowest BCUT2D eigenvalue weighted by atomic mass is 10.0. The summed E-state index contributed by atoms with van der Waals surface area (Å²) in [5.41, 5.74) is -6.78. The lowest BCUT2D eigenvalue weighted by Gasteiger charge is -2.36. The predicted octanol–water partition coefficient (Wildman–Crippen LogP) is 5.23. The number of halogens is 7. The van der Waals surface area contributed by atoms with E-state index in [2.05, 4.69) is 4.74 Å². The third-order valence-electron chi connectivity index (χ3n) is 4.94. The fourth-order valence-electron chi connectivity index (χ4n) is 3.24. The maximum atomic E-state index is 13.5. The summed E-state index contributed by atoms with van der Waals surface area (Å²) in [6.45, 7) is 0. The van der Waals surface area contributed by atoms with E-state index in [0.29, 0.717) is 10.8 Å². The molecule has 0 radical (unpaired) electrons. The number of rotatable bonds is 6. The van der Waals surface area contributed by atoms with Crippen LogP contribution < -0.4 is 4.74 Å². The van der Waals surface area contributed by atoms with Crippen LogP contribution in [0, 0.1) is 3.57 Å². The van der Waals surface area contributed by atoms with Crippen LogP contribution in [0.3, 0.4) is 0 Å². The smallest absolute Gasteiger partial charge is 0.438 e. The quantitative estimate of drug-likeness (QED) is 0.117. The number of carbonyl (C=O) groups is 2. The van der Waals surface area contributed by atoms with E-state index in [9.17, 15) is 48.9 Å². The molecule has 0 spiro atoms. The molecular formula is C22H12F6IO7S-. The number of hydrogen-bond acceptors (Lipinski definition) is 7. The molecule has 37 heavy (non-hydrogen) atoms. The summed E-state index contributed by atoms with van der Waals surface area (Å²) in [5.74, 6) is -7.37. The van der Waals surface area contributed by atoms with E-state index in [0.717, 1.165) is 18.2 Å². The standard InChI is InChI=1S/C22H13F6IO7S/c23-21(24,25)20(22(26,27)28,11-37(32,33)34)36-19(31)16-9-8-13(29)10-17(16)35-18(30)15-7-3-5-12-4-1-2-6-14(12)15/h1-10H,11H2,(H,32,33,34)/p-1. The zero-order valence-electron chi connectivity index (χ0n) is 17.9. The Labute approximate surface area is 218 Å². The Balaban J connectivity index is 2.06. The molecule has 7 nitrogen and oxygen atoms in total. The SMILES string of the molecule is O=C(OC(CS(=O)(=O)[O-])(C(F)(F)F)C(F)(F)F)c1ccc(I)cc1OC(=O)c1cccc2ccccc12. The summed E-state index contributed by atoms with van der Waals surface area (Å²) in [5, 5.41) is 1.01. The molecule has 0 unspecified atom stereocenters. The highest BCUT2D eigenvalue weighted by atomic mass is 127. The molecule has 3 aromatic carbocycles. The van der Waals surface area contributed by atoms with E-state index in [1.165, 1.54) is 12.1 Å². The number of carbonyl (C=O) groups excluding carboxylic acids is 2. The van der Waals surface area contributed by atoms with Crippen LogP contribution in [0.2, 0.25) is 0 Å². The van der Waals surface area contributed by atoms with Gasteiger partial charge in [-0.2, -0.15) is 26.3 Å². The maximum Gasteiger partial charge on any atom is 0.438 e. The molecule has 0 amide bonds. The van der Waals surface area contributed by atoms with Crippen LogP contribution in [-0.4, -0.2) is 48.6 Å². The predicted molar refractivity (Wildman–Crippen MR) is 123 cm³/mol. The molecule has 0 bridgehead atoms. The van der Waals surface area contributed by atoms with Gasteiger partial charge in [-0.25, -0.2) is 18.0 Å². The normalized spacial score (nSPS) is 12.9. The number of esters is 2. The Morgan fingerprint density at radius 2 is 1.43 bits per heavy atom. The van der Waals surface area contributed by atoms with Crippen molar-refractivity contribution in [1.82, 2.24) is 0 Å². The van der Waals surface area contributed by atoms with Gasteiger partial charge in [0.1, 0.15) is 11.3 Å². The summed E-state index contributed by atoms with van der Waals surface area (Å²) in [6, 6.07) is 13.8. The highest BCUT2D eigenvalue weighted by Crippen LogP contribution is 2.47. The number of benzene rings is 3. The summed E-state index contributed by atoms with van der Waals surface area (Å²) in [7, 11) is -6.22. The van der Waals surface area contributed by atoms with E-state index in [4.69, 9.17) is 4.74 Å². The summed E-state index contributed by atoms with van der Waals surface area (Å²) in [4.78, 5) is 25.4. The molecule has 0 atom stereocenters. The molecule has 0 aliphatic carbocycles. The minimum Gasteiger partial charge on any atom is -0.748 e. The average molecular weight is 661 g/mol. The number of fused-ring (bicyclic) bond motifs is 1. The van der Waals surface area contributed by atoms with Gasteiger partial charge in [-0.05, 0) is 57.6 Å². The van der Waals surface area contributed by atoms with Gasteiger partial charge in [0.05, 0.1) is 21.4 Å². The van der Waals surface area contributed by atoms with Crippen LogP contribution in [0.1, 0.15) is 20.7 Å². The van der Waals surface area contributed by atoms with E-state index in [-0.39, 0.29) is 9.13 Å². The number of alkyl halides is 6. The van der Waals surface area contributed by atoms with E-state index >= 15 is 0 Å². The second-order valence-corrected chi connectivity index (χ2v) is 10.1. The van der Waals surface area contributed by atoms with Crippen molar-refractivity contribution in [3.8, 4) is 5.75 Å². The molecule has 3 aromatic rings. The monoisotopic (exact) mass is 661 g/mol. The van der Waals surface area contributed by atoms with E-state index < -0.39 is 57.1 Å². The van der Waals surface area contributed by atoms with Gasteiger partial charge in [0.25, 0.3) is 0 Å². The average Bonchev–Trinajstić information content (AvgIpc) is 2.75. The van der Waals surface area contributed by atoms with Crippen LogP contribution in [0.4, 0.5) is 26.3 Å². The fraction of sp³-hybridized carbons (Fsp3) is 0.182. The van der Waals surface area contributed by atoms with Crippen molar-refractivity contribution >= 4 is 55.4 Å². The third-order valence-corrected chi connectivity index (χ3v) is 6.37. The van der Waals surface area contributed by atoms with E-state index in [1.807, 2.05) is 0 Å². The van der Waals surface area contributed by atoms with Crippen molar-refractivity contribution in [2.75, 3.05) is 5.75 Å². The number of hydrogen-bond donors (Lipinski definition) is 0. The van der Waals surface area contributed by atoms with Crippen LogP contribution >= 0.6 is 22.6 Å². The lowest BCUT2D eigenvalue weighted by molar-refractivity contribution is -0.356. The Bertz CT molecular complexity index is 1450. The maximum absolute atomic E-state index is 13.5. The molecule has 0 aliphatic rings. The van der Waals surface area contributed by atoms with Gasteiger partial charge in [0.15, 0.2) is 0 Å². The molecule has 3 rings (SSSR count). The minimum atomic E-state index is -6.55. The van der Waals surface area contributed by atoms with Crippen molar-refractivity contribution < 1.29 is 58.4 Å². The third kappa shape index (κ3) is 6.15. The summed E-state index contributed by atoms with van der Waals surface area (Å²) >= 11 is 1.67. The van der Waals surface area contributed by atoms with Gasteiger partial charge >= 0.3 is 29.9 Å². The van der Waals surface area contributed by atoms with Gasteiger partial charge in [0.2, 0.25) is 0 Å². The molecule has 198 valence electrons. The highest BCUT2D eigenvalue weighted by molar-refractivity contribution is 14.1. The Morgan fingerprint density at radius 3 is 2.03 bits per heavy atom. The van der Waals surface area contributed by atoms with Gasteiger partial charge in [-0.15, -0.1) is 0 Å². The molecule has 0 aliphatic heterocycles. The summed E-state index contributed by atoms with van der Waals surface area (Å²) in [6.07, 6.45) is -13.1. The molecule has 0 aromatic heterocycles. The minimum absolute atomic E-state index is 0.0337. The van der Waals surface area contributed by atoms with Gasteiger partial charge < -0.3 is 14.0 Å². The van der Waals surface area contributed by atoms with E-state index in [1.54, 1.807) is 52.9 Å². The molecular weight excluding hydrogens is 649 g/mol. The first-order valence-corrected chi connectivity index (χ1v) is 12.4. The first-order chi connectivity index (χ1) is 17.0. The van der Waals surface area contributed by atoms with Crippen LogP contribution in [0.25, 0.3) is 10.8 Å². The van der Waals surface area contributed by atoms with Crippen molar-refractivity contribution in [1.29, 1.82) is 0 Å². The second-order valence-electron chi connectivity index (χ2n) is 7.47. The van der Waals surface area contributed by atoms with Gasteiger partial charge in [-0.1, -0.05) is 36.4 Å². The largest absolute Gasteiger partial charge is 0.748 e. The van der Waals surface area contributed by atoms with Gasteiger partial charge in [-0.3, -0.25) is 0 Å². The van der Waals surface area contributed by atoms with Crippen LogP contribution in [-0.2, 0) is 14.9 Å². The molecule has 0 saturated heterocycles. The molecule has 0 N–H and O–H groups in total. The number of ether oxygens (including phenoxy) is 2. The van der Waals surface area contributed by atoms with Crippen LogP contribution in [0.5, 0.6) is 5.75 Å². The van der Waals surface area contributed by atoms with Gasteiger partial charge in [0, 0.05) is 3.57 Å². The summed E-state index contributed by atoms with van der Waals surface area (Å²) < 4.78 is 123. The first kappa shape index (κ1) is 28.6. The molecule has 0 saturated carbocycles. The Kier molecular flexibility index (Phi) is 7.81. The Hall–Kier alpha value is -2.92. The second kappa shape index (κ2) is 10.1. The zero-order valence-corrected chi connectivity index (χ0v) is 20.9. The lowest BCUT2D eigenvalue weighted by Crippen LogP contribution is -2.63. The Morgan fingerprint density at radius 1 is 0.838 bits per heavy atom. The zero-order chi connectivity index (χ0) is 27.8. The van der Waals surface area contributed by atoms with Crippen molar-refractivity contribution in [3.63, 3.8) is 0 Å². The fourth-order valence-corrected chi connectivity index (χ4v) is 4.59. The van der Waals surface area contributed by atoms with Crippen LogP contribution in [0.15, 0.2) is 60.7 Å². The van der Waals surface area contributed by atoms with Crippen molar-refractivity contribution in [2.45, 2.75) is 18.0 Å². The topological polar surface area (TPSA) is 110 Å².